The highest BCUT2D eigenvalue weighted by Crippen LogP contribution is 2.30. The quantitative estimate of drug-likeness (QED) is 0.0206. The number of ether oxygens (including phenoxy) is 4. The Labute approximate surface area is 418 Å². The molecule has 2 aliphatic heterocycles. The molecule has 12 unspecified atom stereocenters. The third-order valence-electron chi connectivity index (χ3n) is 13.9. The Morgan fingerprint density at radius 1 is 0.507 bits per heavy atom. The van der Waals surface area contributed by atoms with Gasteiger partial charge in [-0.1, -0.05) is 218 Å². The lowest BCUT2D eigenvalue weighted by Gasteiger charge is -2.46. The topological polar surface area (TPSA) is 228 Å². The minimum Gasteiger partial charge on any atom is -0.394 e. The number of hydrogen-bond acceptors (Lipinski definition) is 13. The summed E-state index contributed by atoms with van der Waals surface area (Å²) in [6.07, 6.45) is 31.3. The van der Waals surface area contributed by atoms with Gasteiger partial charge in [-0.15, -0.1) is 0 Å². The number of allylic oxidation sites excluding steroid dienone is 3. The van der Waals surface area contributed by atoms with E-state index in [4.69, 9.17) is 18.9 Å². The fourth-order valence-electron chi connectivity index (χ4n) is 9.29. The van der Waals surface area contributed by atoms with Crippen molar-refractivity contribution >= 4 is 5.91 Å². The van der Waals surface area contributed by atoms with Gasteiger partial charge >= 0.3 is 0 Å². The van der Waals surface area contributed by atoms with Crippen LogP contribution >= 0.6 is 0 Å². The predicted molar refractivity (Wildman–Crippen MR) is 272 cm³/mol. The van der Waals surface area contributed by atoms with Gasteiger partial charge in [0.15, 0.2) is 12.6 Å². The summed E-state index contributed by atoms with van der Waals surface area (Å²) >= 11 is 0. The van der Waals surface area contributed by atoms with Crippen molar-refractivity contribution in [3.05, 3.63) is 24.3 Å². The first-order valence-corrected chi connectivity index (χ1v) is 28.1. The summed E-state index contributed by atoms with van der Waals surface area (Å²) in [6, 6.07) is -0.925. The number of carbonyl (C=O) groups excluding carboxylic acids is 1. The maximum absolute atomic E-state index is 13.2. The second-order valence-corrected chi connectivity index (χ2v) is 20.1. The normalized spacial score (nSPS) is 26.3. The number of rotatable bonds is 44. The van der Waals surface area contributed by atoms with E-state index in [0.29, 0.717) is 12.8 Å². The maximum Gasteiger partial charge on any atom is 0.220 e. The molecule has 2 rings (SSSR count). The van der Waals surface area contributed by atoms with Crippen molar-refractivity contribution in [3.63, 3.8) is 0 Å². The molecule has 14 heteroatoms. The van der Waals surface area contributed by atoms with Crippen LogP contribution in [0.25, 0.3) is 0 Å². The second kappa shape index (κ2) is 41.9. The smallest absolute Gasteiger partial charge is 0.220 e. The summed E-state index contributed by atoms with van der Waals surface area (Å²) in [5.74, 6) is -0.249. The standard InChI is InChI=1S/C55H103NO13/c1-3-5-7-9-11-13-14-15-16-17-18-19-20-21-22-23-24-25-26-27-28-29-30-31-33-35-37-39-47(60)56-43(44(59)38-36-34-32-12-10-8-6-4-2)42-66-54-52(65)50(63)53(46(41-58)68-54)69-55-51(64)49(62)48(61)45(40-57)67-55/h10,12,36,38,43-46,48-55,57-59,61-65H,3-9,11,13-35,37,39-42H2,1-2H3,(H,56,60)/b12-10+,38-36+. The monoisotopic (exact) mass is 986 g/mol. The predicted octanol–water partition coefficient (Wildman–Crippen LogP) is 8.50. The SMILES string of the molecule is CCCC/C=C/CC/C=C/C(O)C(COC1OC(CO)C(OC2OC(CO)C(O)C(O)C2O)C(O)C1O)NC(=O)CCCCCCCCCCCCCCCCCCCCCCCCCCCCC. The first-order valence-electron chi connectivity index (χ1n) is 28.1. The Balaban J connectivity index is 1.65. The van der Waals surface area contributed by atoms with Crippen LogP contribution < -0.4 is 5.32 Å². The number of nitrogens with one attached hydrogen (secondary N) is 1. The molecule has 2 aliphatic rings. The van der Waals surface area contributed by atoms with Crippen molar-refractivity contribution in [2.24, 2.45) is 0 Å². The summed E-state index contributed by atoms with van der Waals surface area (Å²) in [6.45, 7) is 2.70. The van der Waals surface area contributed by atoms with Crippen LogP contribution in [0, 0.1) is 0 Å². The minimum absolute atomic E-state index is 0.249. The first kappa shape index (κ1) is 63.6. The van der Waals surface area contributed by atoms with Gasteiger partial charge in [0, 0.05) is 6.42 Å². The summed E-state index contributed by atoms with van der Waals surface area (Å²) in [5, 5.41) is 86.5. The zero-order valence-corrected chi connectivity index (χ0v) is 43.3. The molecule has 0 aliphatic carbocycles. The van der Waals surface area contributed by atoms with Gasteiger partial charge in [-0.05, 0) is 25.7 Å². The fraction of sp³-hybridized carbons (Fsp3) is 0.909. The molecule has 12 atom stereocenters. The molecular weight excluding hydrogens is 883 g/mol. The van der Waals surface area contributed by atoms with Crippen molar-refractivity contribution in [1.82, 2.24) is 5.32 Å². The van der Waals surface area contributed by atoms with Gasteiger partial charge in [-0.3, -0.25) is 4.79 Å². The number of carbonyl (C=O) groups is 1. The number of hydrogen-bond donors (Lipinski definition) is 9. The zero-order chi connectivity index (χ0) is 50.3. The van der Waals surface area contributed by atoms with Gasteiger partial charge in [0.2, 0.25) is 5.91 Å². The van der Waals surface area contributed by atoms with Gasteiger partial charge in [0.05, 0.1) is 32.0 Å². The summed E-state index contributed by atoms with van der Waals surface area (Å²) in [4.78, 5) is 13.2. The van der Waals surface area contributed by atoms with Crippen LogP contribution in [-0.4, -0.2) is 140 Å². The highest BCUT2D eigenvalue weighted by atomic mass is 16.7. The van der Waals surface area contributed by atoms with Crippen molar-refractivity contribution < 1.29 is 64.6 Å². The Kier molecular flexibility index (Phi) is 38.6. The fourth-order valence-corrected chi connectivity index (χ4v) is 9.29. The van der Waals surface area contributed by atoms with Gasteiger partial charge in [0.25, 0.3) is 0 Å². The Morgan fingerprint density at radius 2 is 0.928 bits per heavy atom. The lowest BCUT2D eigenvalue weighted by Crippen LogP contribution is -2.65. The average molecular weight is 986 g/mol. The van der Waals surface area contributed by atoms with E-state index >= 15 is 0 Å². The van der Waals surface area contributed by atoms with E-state index in [1.54, 1.807) is 6.08 Å². The number of unbranched alkanes of at least 4 members (excludes halogenated alkanes) is 29. The first-order chi connectivity index (χ1) is 33.6. The third kappa shape index (κ3) is 28.5. The van der Waals surface area contributed by atoms with Crippen molar-refractivity contribution in [3.8, 4) is 0 Å². The molecule has 2 heterocycles. The molecule has 2 saturated heterocycles. The van der Waals surface area contributed by atoms with E-state index in [1.165, 1.54) is 148 Å². The molecule has 69 heavy (non-hydrogen) atoms. The molecule has 0 radical (unpaired) electrons. The number of amides is 1. The molecule has 9 N–H and O–H groups in total. The van der Waals surface area contributed by atoms with Crippen molar-refractivity contribution in [1.29, 1.82) is 0 Å². The minimum atomic E-state index is -1.79. The van der Waals surface area contributed by atoms with Crippen LogP contribution in [0.3, 0.4) is 0 Å². The molecule has 0 saturated carbocycles. The molecule has 0 aromatic rings. The molecule has 2 fully saturated rings. The average Bonchev–Trinajstić information content (AvgIpc) is 3.35. The molecular formula is C55H103NO13. The van der Waals surface area contributed by atoms with E-state index in [1.807, 2.05) is 6.08 Å². The molecule has 0 spiro atoms. The van der Waals surface area contributed by atoms with Crippen molar-refractivity contribution in [2.45, 2.75) is 299 Å². The molecule has 0 bridgehead atoms. The highest BCUT2D eigenvalue weighted by Gasteiger charge is 2.51. The van der Waals surface area contributed by atoms with E-state index < -0.39 is 86.8 Å². The third-order valence-corrected chi connectivity index (χ3v) is 13.9. The summed E-state index contributed by atoms with van der Waals surface area (Å²) < 4.78 is 22.6. The largest absolute Gasteiger partial charge is 0.394 e. The van der Waals surface area contributed by atoms with Gasteiger partial charge in [-0.25, -0.2) is 0 Å². The Bertz CT molecular complexity index is 1260. The molecule has 0 aromatic heterocycles. The molecule has 14 nitrogen and oxygen atoms in total. The summed E-state index contributed by atoms with van der Waals surface area (Å²) in [5.41, 5.74) is 0. The lowest BCUT2D eigenvalue weighted by molar-refractivity contribution is -0.359. The van der Waals surface area contributed by atoms with E-state index in [9.17, 15) is 45.6 Å². The zero-order valence-electron chi connectivity index (χ0n) is 43.3. The second-order valence-electron chi connectivity index (χ2n) is 20.1. The Morgan fingerprint density at radius 3 is 1.41 bits per heavy atom. The Hall–Kier alpha value is -1.53. The van der Waals surface area contributed by atoms with Gasteiger partial charge in [0.1, 0.15) is 48.8 Å². The molecule has 406 valence electrons. The van der Waals surface area contributed by atoms with Crippen LogP contribution in [-0.2, 0) is 23.7 Å². The van der Waals surface area contributed by atoms with Crippen LogP contribution in [0.4, 0.5) is 0 Å². The van der Waals surface area contributed by atoms with Crippen molar-refractivity contribution in [2.75, 3.05) is 19.8 Å². The van der Waals surface area contributed by atoms with E-state index in [-0.39, 0.29) is 18.9 Å². The van der Waals surface area contributed by atoms with Crippen LogP contribution in [0.2, 0.25) is 0 Å². The molecule has 0 aromatic carbocycles. The maximum atomic E-state index is 13.2. The van der Waals surface area contributed by atoms with E-state index in [0.717, 1.165) is 44.9 Å². The van der Waals surface area contributed by atoms with Gasteiger partial charge in [-0.2, -0.15) is 0 Å². The van der Waals surface area contributed by atoms with Crippen LogP contribution in [0.15, 0.2) is 24.3 Å². The lowest BCUT2D eigenvalue weighted by atomic mass is 9.97. The van der Waals surface area contributed by atoms with Gasteiger partial charge < -0.3 is 65.1 Å². The van der Waals surface area contributed by atoms with Crippen LogP contribution in [0.5, 0.6) is 0 Å². The molecule has 1 amide bonds. The van der Waals surface area contributed by atoms with Crippen LogP contribution in [0.1, 0.15) is 226 Å². The highest BCUT2D eigenvalue weighted by molar-refractivity contribution is 5.76. The number of aliphatic hydroxyl groups excluding tert-OH is 8. The summed E-state index contributed by atoms with van der Waals surface area (Å²) in [7, 11) is 0. The van der Waals surface area contributed by atoms with E-state index in [2.05, 4.69) is 31.3 Å². The number of aliphatic hydroxyl groups is 8.